The van der Waals surface area contributed by atoms with Gasteiger partial charge in [-0.1, -0.05) is 6.92 Å². The molecule has 0 aliphatic heterocycles. The first kappa shape index (κ1) is 15.4. The number of amides is 1. The first-order valence-corrected chi connectivity index (χ1v) is 6.04. The van der Waals surface area contributed by atoms with Gasteiger partial charge in [0.2, 0.25) is 5.91 Å². The molecule has 0 fully saturated rings. The van der Waals surface area contributed by atoms with E-state index in [1.807, 2.05) is 6.92 Å². The highest BCUT2D eigenvalue weighted by atomic mass is 16.3. The van der Waals surface area contributed by atoms with Crippen LogP contribution < -0.4 is 5.32 Å². The van der Waals surface area contributed by atoms with Gasteiger partial charge in [0.1, 0.15) is 0 Å². The number of carbonyl (C=O) groups is 1. The Morgan fingerprint density at radius 3 is 2.38 bits per heavy atom. The van der Waals surface area contributed by atoms with Gasteiger partial charge in [-0.3, -0.25) is 4.79 Å². The van der Waals surface area contributed by atoms with Gasteiger partial charge in [-0.2, -0.15) is 0 Å². The maximum Gasteiger partial charge on any atom is 0.223 e. The lowest BCUT2D eigenvalue weighted by Gasteiger charge is -2.24. The third kappa shape index (κ3) is 7.65. The van der Waals surface area contributed by atoms with E-state index in [9.17, 15) is 4.79 Å². The zero-order valence-corrected chi connectivity index (χ0v) is 11.0. The quantitative estimate of drug-likeness (QED) is 0.686. The summed E-state index contributed by atoms with van der Waals surface area (Å²) < 4.78 is 0. The lowest BCUT2D eigenvalue weighted by atomic mass is 10.1. The standard InChI is InChI=1S/C12H26N2O2/c1-5-8-14(9-10-15)11(16)6-7-13-12(2,3)4/h13,15H,5-10H2,1-4H3. The summed E-state index contributed by atoms with van der Waals surface area (Å²) in [6.45, 7) is 10.2. The van der Waals surface area contributed by atoms with Crippen molar-refractivity contribution in [3.05, 3.63) is 0 Å². The van der Waals surface area contributed by atoms with E-state index in [4.69, 9.17) is 5.11 Å². The number of aliphatic hydroxyl groups is 1. The van der Waals surface area contributed by atoms with Crippen LogP contribution in [0.3, 0.4) is 0 Å². The van der Waals surface area contributed by atoms with E-state index in [2.05, 4.69) is 26.1 Å². The number of rotatable bonds is 7. The summed E-state index contributed by atoms with van der Waals surface area (Å²) in [6, 6.07) is 0. The van der Waals surface area contributed by atoms with E-state index >= 15 is 0 Å². The van der Waals surface area contributed by atoms with Crippen LogP contribution in [-0.2, 0) is 4.79 Å². The lowest BCUT2D eigenvalue weighted by Crippen LogP contribution is -2.40. The largest absolute Gasteiger partial charge is 0.395 e. The monoisotopic (exact) mass is 230 g/mol. The molecule has 0 saturated heterocycles. The Morgan fingerprint density at radius 1 is 1.31 bits per heavy atom. The van der Waals surface area contributed by atoms with Crippen molar-refractivity contribution in [1.29, 1.82) is 0 Å². The summed E-state index contributed by atoms with van der Waals surface area (Å²) >= 11 is 0. The third-order valence-electron chi connectivity index (χ3n) is 2.21. The Balaban J connectivity index is 3.91. The molecule has 0 aliphatic carbocycles. The smallest absolute Gasteiger partial charge is 0.223 e. The molecule has 4 heteroatoms. The van der Waals surface area contributed by atoms with Crippen molar-refractivity contribution in [2.75, 3.05) is 26.2 Å². The number of hydrogen-bond donors (Lipinski definition) is 2. The molecule has 0 aromatic heterocycles. The van der Waals surface area contributed by atoms with E-state index in [0.29, 0.717) is 19.5 Å². The highest BCUT2D eigenvalue weighted by Gasteiger charge is 2.13. The van der Waals surface area contributed by atoms with Gasteiger partial charge in [-0.25, -0.2) is 0 Å². The van der Waals surface area contributed by atoms with Crippen LogP contribution in [0, 0.1) is 0 Å². The summed E-state index contributed by atoms with van der Waals surface area (Å²) in [5.74, 6) is 0.118. The minimum absolute atomic E-state index is 0.0401. The molecule has 1 amide bonds. The predicted octanol–water partition coefficient (Wildman–Crippen LogP) is 0.995. The molecular weight excluding hydrogens is 204 g/mol. The first-order valence-electron chi connectivity index (χ1n) is 6.04. The molecule has 96 valence electrons. The summed E-state index contributed by atoms with van der Waals surface area (Å²) in [4.78, 5) is 13.5. The Kier molecular flexibility index (Phi) is 7.34. The highest BCUT2D eigenvalue weighted by Crippen LogP contribution is 2.00. The van der Waals surface area contributed by atoms with Gasteiger partial charge in [-0.15, -0.1) is 0 Å². The molecule has 4 nitrogen and oxygen atoms in total. The van der Waals surface area contributed by atoms with Gasteiger partial charge >= 0.3 is 0 Å². The van der Waals surface area contributed by atoms with Crippen molar-refractivity contribution in [3.63, 3.8) is 0 Å². The minimum atomic E-state index is 0.0401. The van der Waals surface area contributed by atoms with Gasteiger partial charge in [0.05, 0.1) is 6.61 Å². The van der Waals surface area contributed by atoms with Crippen molar-refractivity contribution in [2.45, 2.75) is 46.1 Å². The van der Waals surface area contributed by atoms with Crippen molar-refractivity contribution in [1.82, 2.24) is 10.2 Å². The molecule has 0 radical (unpaired) electrons. The molecule has 2 N–H and O–H groups in total. The molecule has 0 spiro atoms. The number of nitrogens with zero attached hydrogens (tertiary/aromatic N) is 1. The van der Waals surface area contributed by atoms with E-state index in [0.717, 1.165) is 13.0 Å². The minimum Gasteiger partial charge on any atom is -0.395 e. The molecule has 0 atom stereocenters. The van der Waals surface area contributed by atoms with Crippen LogP contribution in [0.15, 0.2) is 0 Å². The molecule has 0 rings (SSSR count). The van der Waals surface area contributed by atoms with Crippen molar-refractivity contribution in [3.8, 4) is 0 Å². The second-order valence-electron chi connectivity index (χ2n) is 5.03. The molecule has 0 unspecified atom stereocenters. The SMILES string of the molecule is CCCN(CCO)C(=O)CCNC(C)(C)C. The van der Waals surface area contributed by atoms with E-state index < -0.39 is 0 Å². The fourth-order valence-corrected chi connectivity index (χ4v) is 1.45. The first-order chi connectivity index (χ1) is 7.40. The fourth-order valence-electron chi connectivity index (χ4n) is 1.45. The fraction of sp³-hybridized carbons (Fsp3) is 0.917. The van der Waals surface area contributed by atoms with Crippen LogP contribution in [-0.4, -0.2) is 47.7 Å². The van der Waals surface area contributed by atoms with Crippen LogP contribution in [0.1, 0.15) is 40.5 Å². The van der Waals surface area contributed by atoms with Crippen LogP contribution in [0.2, 0.25) is 0 Å². The maximum absolute atomic E-state index is 11.8. The molecule has 0 saturated carbocycles. The van der Waals surface area contributed by atoms with Crippen LogP contribution in [0.5, 0.6) is 0 Å². The van der Waals surface area contributed by atoms with Crippen LogP contribution in [0.4, 0.5) is 0 Å². The second-order valence-corrected chi connectivity index (χ2v) is 5.03. The van der Waals surface area contributed by atoms with E-state index in [1.54, 1.807) is 4.90 Å². The van der Waals surface area contributed by atoms with Gasteiger partial charge in [0.25, 0.3) is 0 Å². The Bertz CT molecular complexity index is 194. The zero-order chi connectivity index (χ0) is 12.6. The average Bonchev–Trinajstić information content (AvgIpc) is 2.15. The Morgan fingerprint density at radius 2 is 1.94 bits per heavy atom. The number of hydrogen-bond acceptors (Lipinski definition) is 3. The molecule has 0 aromatic carbocycles. The van der Waals surface area contributed by atoms with Gasteiger partial charge in [-0.05, 0) is 27.2 Å². The molecular formula is C12H26N2O2. The Hall–Kier alpha value is -0.610. The lowest BCUT2D eigenvalue weighted by molar-refractivity contribution is -0.131. The third-order valence-corrected chi connectivity index (χ3v) is 2.21. The van der Waals surface area contributed by atoms with E-state index in [-0.39, 0.29) is 18.1 Å². The normalized spacial score (nSPS) is 11.6. The van der Waals surface area contributed by atoms with Crippen molar-refractivity contribution in [2.24, 2.45) is 0 Å². The molecule has 0 aromatic rings. The van der Waals surface area contributed by atoms with Crippen molar-refractivity contribution < 1.29 is 9.90 Å². The number of nitrogens with one attached hydrogen (secondary N) is 1. The summed E-state index contributed by atoms with van der Waals surface area (Å²) in [5.41, 5.74) is 0.0485. The topological polar surface area (TPSA) is 52.6 Å². The van der Waals surface area contributed by atoms with Crippen LogP contribution >= 0.6 is 0 Å². The van der Waals surface area contributed by atoms with Gasteiger partial charge < -0.3 is 15.3 Å². The summed E-state index contributed by atoms with van der Waals surface area (Å²) in [6.07, 6.45) is 1.43. The number of carbonyl (C=O) groups excluding carboxylic acids is 1. The zero-order valence-electron chi connectivity index (χ0n) is 11.0. The summed E-state index contributed by atoms with van der Waals surface area (Å²) in [5, 5.41) is 12.1. The number of aliphatic hydroxyl groups excluding tert-OH is 1. The molecule has 16 heavy (non-hydrogen) atoms. The Labute approximate surface area is 99.0 Å². The second kappa shape index (κ2) is 7.63. The van der Waals surface area contributed by atoms with E-state index in [1.165, 1.54) is 0 Å². The maximum atomic E-state index is 11.8. The highest BCUT2D eigenvalue weighted by molar-refractivity contribution is 5.76. The molecule has 0 heterocycles. The molecule has 0 aliphatic rings. The summed E-state index contributed by atoms with van der Waals surface area (Å²) in [7, 11) is 0. The van der Waals surface area contributed by atoms with Crippen LogP contribution in [0.25, 0.3) is 0 Å². The van der Waals surface area contributed by atoms with Crippen molar-refractivity contribution >= 4 is 5.91 Å². The predicted molar refractivity (Wildman–Crippen MR) is 66.3 cm³/mol. The van der Waals surface area contributed by atoms with Gasteiger partial charge in [0.15, 0.2) is 0 Å². The molecule has 0 bridgehead atoms. The van der Waals surface area contributed by atoms with Gasteiger partial charge in [0, 0.05) is 31.6 Å². The average molecular weight is 230 g/mol.